The molecule has 43 heavy (non-hydrogen) atoms. The van der Waals surface area contributed by atoms with Gasteiger partial charge in [0.05, 0.1) is 16.7 Å². The van der Waals surface area contributed by atoms with Gasteiger partial charge in [0.15, 0.2) is 0 Å². The third-order valence-electron chi connectivity index (χ3n) is 7.34. The fourth-order valence-corrected chi connectivity index (χ4v) is 5.47. The number of benzene rings is 3. The highest BCUT2D eigenvalue weighted by atomic mass is 35.5. The number of carbonyl (C=O) groups is 1. The van der Waals surface area contributed by atoms with Crippen LogP contribution < -0.4 is 14.8 Å². The lowest BCUT2D eigenvalue weighted by atomic mass is 9.96. The van der Waals surface area contributed by atoms with E-state index in [0.29, 0.717) is 51.6 Å². The van der Waals surface area contributed by atoms with Gasteiger partial charge in [-0.05, 0) is 54.7 Å². The molecule has 4 aromatic rings. The predicted molar refractivity (Wildman–Crippen MR) is 158 cm³/mol. The standard InChI is InChI=1S/C33H29ClFN3O5/c1-19(39)32(33(40)41)38-17-22-12-27(34)31(13-30(22)42-18-21-11-20(14-36)15-37-16-21)43-29-10-9-24-23(6-4-7-26(24)29)25-5-2-3-8-28(25)35/h2-8,11-13,15-16,19,29,32,38-39H,9-10,17-18H2,1H3,(H,40,41)/t19-,29+,32+/m1/s1. The van der Waals surface area contributed by atoms with Crippen molar-refractivity contribution in [3.63, 3.8) is 0 Å². The Hall–Kier alpha value is -4.49. The first-order valence-electron chi connectivity index (χ1n) is 13.7. The first kappa shape index (κ1) is 30.0. The molecule has 10 heteroatoms. The van der Waals surface area contributed by atoms with Crippen LogP contribution in [0.4, 0.5) is 4.39 Å². The molecule has 1 aromatic heterocycles. The van der Waals surface area contributed by atoms with E-state index in [1.807, 2.05) is 30.3 Å². The lowest BCUT2D eigenvalue weighted by molar-refractivity contribution is -0.142. The third-order valence-corrected chi connectivity index (χ3v) is 7.64. The third kappa shape index (κ3) is 6.78. The van der Waals surface area contributed by atoms with Gasteiger partial charge < -0.3 is 19.7 Å². The normalized spacial score (nSPS) is 15.3. The Kier molecular flexibility index (Phi) is 9.22. The Morgan fingerprint density at radius 1 is 1.16 bits per heavy atom. The number of pyridine rings is 1. The van der Waals surface area contributed by atoms with E-state index in [-0.39, 0.29) is 25.1 Å². The number of aliphatic carboxylic acids is 1. The van der Waals surface area contributed by atoms with Gasteiger partial charge in [0.1, 0.15) is 42.1 Å². The molecule has 0 saturated carbocycles. The van der Waals surface area contributed by atoms with Crippen LogP contribution in [0, 0.1) is 17.1 Å². The molecular formula is C33H29ClFN3O5. The maximum Gasteiger partial charge on any atom is 0.323 e. The number of aromatic nitrogens is 1. The molecule has 1 heterocycles. The second kappa shape index (κ2) is 13.2. The second-order valence-electron chi connectivity index (χ2n) is 10.3. The van der Waals surface area contributed by atoms with Gasteiger partial charge in [0, 0.05) is 41.7 Å². The molecule has 1 aliphatic rings. The van der Waals surface area contributed by atoms with Gasteiger partial charge in [-0.3, -0.25) is 15.1 Å². The van der Waals surface area contributed by atoms with E-state index in [1.54, 1.807) is 36.5 Å². The van der Waals surface area contributed by atoms with Crippen molar-refractivity contribution >= 4 is 17.6 Å². The number of aliphatic hydroxyl groups excluding tert-OH is 1. The maximum atomic E-state index is 14.6. The highest BCUT2D eigenvalue weighted by molar-refractivity contribution is 6.32. The molecule has 0 amide bonds. The number of nitrogens with one attached hydrogen (secondary N) is 1. The number of hydrogen-bond acceptors (Lipinski definition) is 7. The van der Waals surface area contributed by atoms with Gasteiger partial charge in [-0.15, -0.1) is 0 Å². The molecule has 220 valence electrons. The van der Waals surface area contributed by atoms with Crippen molar-refractivity contribution < 1.29 is 28.9 Å². The summed E-state index contributed by atoms with van der Waals surface area (Å²) in [6.45, 7) is 1.50. The summed E-state index contributed by atoms with van der Waals surface area (Å²) in [5, 5.41) is 31.7. The van der Waals surface area contributed by atoms with E-state index in [1.165, 1.54) is 19.2 Å². The summed E-state index contributed by atoms with van der Waals surface area (Å²) >= 11 is 6.68. The Morgan fingerprint density at radius 2 is 1.95 bits per heavy atom. The Bertz CT molecular complexity index is 1690. The minimum absolute atomic E-state index is 0.0337. The monoisotopic (exact) mass is 601 g/mol. The number of nitrogens with zero attached hydrogens (tertiary/aromatic N) is 2. The number of carboxylic acids is 1. The predicted octanol–water partition coefficient (Wildman–Crippen LogP) is 5.98. The van der Waals surface area contributed by atoms with Crippen molar-refractivity contribution in [1.29, 1.82) is 5.26 Å². The highest BCUT2D eigenvalue weighted by Crippen LogP contribution is 2.43. The molecule has 3 atom stereocenters. The van der Waals surface area contributed by atoms with Crippen molar-refractivity contribution in [1.82, 2.24) is 10.3 Å². The SMILES string of the molecule is C[C@@H](O)[C@H](NCc1cc(Cl)c(O[C@H]2CCc3c(-c4ccccc4F)cccc32)cc1OCc1cncc(C#N)c1)C(=O)O. The van der Waals surface area contributed by atoms with Crippen molar-refractivity contribution in [3.8, 4) is 28.7 Å². The van der Waals surface area contributed by atoms with Gasteiger partial charge in [-0.1, -0.05) is 48.0 Å². The van der Waals surface area contributed by atoms with E-state index >= 15 is 0 Å². The van der Waals surface area contributed by atoms with Gasteiger partial charge >= 0.3 is 5.97 Å². The zero-order chi connectivity index (χ0) is 30.5. The molecule has 3 aromatic carbocycles. The molecule has 0 radical (unpaired) electrons. The van der Waals surface area contributed by atoms with Crippen molar-refractivity contribution in [2.45, 2.75) is 51.2 Å². The molecule has 0 saturated heterocycles. The molecule has 3 N–H and O–H groups in total. The van der Waals surface area contributed by atoms with E-state index < -0.39 is 18.1 Å². The number of halogens is 2. The summed E-state index contributed by atoms with van der Waals surface area (Å²) in [5.41, 5.74) is 4.93. The quantitative estimate of drug-likeness (QED) is 0.192. The highest BCUT2D eigenvalue weighted by Gasteiger charge is 2.29. The minimum atomic E-state index is -1.21. The molecule has 0 aliphatic heterocycles. The van der Waals surface area contributed by atoms with E-state index in [4.69, 9.17) is 21.1 Å². The first-order valence-corrected chi connectivity index (χ1v) is 14.1. The van der Waals surface area contributed by atoms with Gasteiger partial charge in [-0.2, -0.15) is 5.26 Å². The summed E-state index contributed by atoms with van der Waals surface area (Å²) in [7, 11) is 0. The van der Waals surface area contributed by atoms with Crippen LogP contribution in [0.15, 0.2) is 73.1 Å². The number of fused-ring (bicyclic) bond motifs is 1. The number of ether oxygens (including phenoxy) is 2. The lowest BCUT2D eigenvalue weighted by Crippen LogP contribution is -2.44. The smallest absolute Gasteiger partial charge is 0.323 e. The average molecular weight is 602 g/mol. The number of rotatable bonds is 11. The fraction of sp³-hybridized carbons (Fsp3) is 0.242. The molecule has 8 nitrogen and oxygen atoms in total. The van der Waals surface area contributed by atoms with E-state index in [9.17, 15) is 24.7 Å². The zero-order valence-electron chi connectivity index (χ0n) is 23.3. The fourth-order valence-electron chi connectivity index (χ4n) is 5.24. The maximum absolute atomic E-state index is 14.6. The van der Waals surface area contributed by atoms with Gasteiger partial charge in [0.2, 0.25) is 0 Å². The van der Waals surface area contributed by atoms with Crippen LogP contribution in [0.3, 0.4) is 0 Å². The summed E-state index contributed by atoms with van der Waals surface area (Å²) in [4.78, 5) is 15.7. The van der Waals surface area contributed by atoms with Gasteiger partial charge in [0.25, 0.3) is 0 Å². The van der Waals surface area contributed by atoms with Crippen LogP contribution in [-0.2, 0) is 24.4 Å². The topological polar surface area (TPSA) is 125 Å². The van der Waals surface area contributed by atoms with Crippen LogP contribution in [0.5, 0.6) is 11.5 Å². The van der Waals surface area contributed by atoms with Crippen molar-refractivity contribution in [2.24, 2.45) is 0 Å². The van der Waals surface area contributed by atoms with Gasteiger partial charge in [-0.25, -0.2) is 4.39 Å². The van der Waals surface area contributed by atoms with Crippen LogP contribution >= 0.6 is 11.6 Å². The molecule has 0 fully saturated rings. The average Bonchev–Trinajstić information content (AvgIpc) is 3.40. The molecular weight excluding hydrogens is 573 g/mol. The van der Waals surface area contributed by atoms with E-state index in [2.05, 4.69) is 10.3 Å². The molecule has 5 rings (SSSR count). The summed E-state index contributed by atoms with van der Waals surface area (Å²) < 4.78 is 27.2. The van der Waals surface area contributed by atoms with Crippen molar-refractivity contribution in [2.75, 3.05) is 0 Å². The van der Waals surface area contributed by atoms with E-state index in [0.717, 1.165) is 16.7 Å². The lowest BCUT2D eigenvalue weighted by Gasteiger charge is -2.21. The largest absolute Gasteiger partial charge is 0.488 e. The van der Waals surface area contributed by atoms with Crippen LogP contribution in [0.25, 0.3) is 11.1 Å². The Morgan fingerprint density at radius 3 is 2.70 bits per heavy atom. The molecule has 0 bridgehead atoms. The summed E-state index contributed by atoms with van der Waals surface area (Å²) in [6, 6.07) is 18.2. The second-order valence-corrected chi connectivity index (χ2v) is 10.7. The molecule has 0 spiro atoms. The summed E-state index contributed by atoms with van der Waals surface area (Å²) in [5.74, 6) is -0.741. The van der Waals surface area contributed by atoms with Crippen LogP contribution in [0.1, 0.15) is 47.3 Å². The number of nitriles is 1. The van der Waals surface area contributed by atoms with Crippen molar-refractivity contribution in [3.05, 3.63) is 112 Å². The number of carboxylic acid groups (broad SMARTS) is 1. The Labute approximate surface area is 253 Å². The van der Waals surface area contributed by atoms with Crippen LogP contribution in [-0.4, -0.2) is 33.3 Å². The Balaban J connectivity index is 1.43. The molecule has 1 aliphatic carbocycles. The summed E-state index contributed by atoms with van der Waals surface area (Å²) in [6.07, 6.45) is 2.92. The number of hydrogen-bond donors (Lipinski definition) is 3. The minimum Gasteiger partial charge on any atom is -0.488 e. The zero-order valence-corrected chi connectivity index (χ0v) is 24.0. The first-order chi connectivity index (χ1) is 20.7. The van der Waals surface area contributed by atoms with Crippen LogP contribution in [0.2, 0.25) is 5.02 Å². The molecule has 0 unspecified atom stereocenters. The number of aliphatic hydroxyl groups is 1.